The minimum atomic E-state index is -0.203. The average molecular weight is 409 g/mol. The zero-order valence-corrected chi connectivity index (χ0v) is 17.3. The maximum atomic E-state index is 13.3. The summed E-state index contributed by atoms with van der Waals surface area (Å²) in [5.74, 6) is -0.404. The van der Waals surface area contributed by atoms with Crippen molar-refractivity contribution >= 4 is 29.1 Å². The molecule has 2 aromatic carbocycles. The summed E-state index contributed by atoms with van der Waals surface area (Å²) >= 11 is 1.37. The third-order valence-electron chi connectivity index (χ3n) is 5.17. The molecule has 0 spiro atoms. The molecule has 1 fully saturated rings. The lowest BCUT2D eigenvalue weighted by Gasteiger charge is -2.28. The van der Waals surface area contributed by atoms with Gasteiger partial charge in [-0.3, -0.25) is 19.4 Å². The average Bonchev–Trinajstić information content (AvgIpc) is 2.98. The fourth-order valence-electron chi connectivity index (χ4n) is 3.50. The lowest BCUT2D eigenvalue weighted by Crippen LogP contribution is -2.43. The van der Waals surface area contributed by atoms with Gasteiger partial charge in [0.2, 0.25) is 0 Å². The van der Waals surface area contributed by atoms with Gasteiger partial charge in [-0.05, 0) is 24.6 Å². The van der Waals surface area contributed by atoms with Gasteiger partial charge in [0.15, 0.2) is 0 Å². The Morgan fingerprint density at radius 1 is 0.897 bits per heavy atom. The van der Waals surface area contributed by atoms with Crippen molar-refractivity contribution in [2.24, 2.45) is 0 Å². The summed E-state index contributed by atoms with van der Waals surface area (Å²) in [4.78, 5) is 31.6. The summed E-state index contributed by atoms with van der Waals surface area (Å²) in [5, 5.41) is 0. The molecule has 2 aliphatic heterocycles. The van der Waals surface area contributed by atoms with Gasteiger partial charge >= 0.3 is 0 Å². The van der Waals surface area contributed by atoms with Gasteiger partial charge in [-0.1, -0.05) is 59.8 Å². The number of imide groups is 1. The van der Waals surface area contributed by atoms with Crippen LogP contribution in [0.5, 0.6) is 0 Å². The summed E-state index contributed by atoms with van der Waals surface area (Å²) in [6.45, 7) is 6.14. The number of carbonyl (C=O) groups is 2. The van der Waals surface area contributed by atoms with Crippen LogP contribution in [0, 0.1) is 6.92 Å². The van der Waals surface area contributed by atoms with E-state index in [0.717, 1.165) is 29.1 Å². The Kier molecular flexibility index (Phi) is 6.13. The number of benzene rings is 2. The van der Waals surface area contributed by atoms with Crippen LogP contribution < -0.4 is 0 Å². The Morgan fingerprint density at radius 3 is 2.28 bits per heavy atom. The van der Waals surface area contributed by atoms with Crippen LogP contribution >= 0.6 is 11.8 Å². The largest absolute Gasteiger partial charge is 0.379 e. The molecular weight excluding hydrogens is 384 g/mol. The molecule has 0 unspecified atom stereocenters. The summed E-state index contributed by atoms with van der Waals surface area (Å²) in [6, 6.07) is 17.5. The van der Waals surface area contributed by atoms with Crippen molar-refractivity contribution < 1.29 is 14.3 Å². The second-order valence-electron chi connectivity index (χ2n) is 7.20. The second kappa shape index (κ2) is 8.95. The molecule has 4 rings (SSSR count). The zero-order valence-electron chi connectivity index (χ0n) is 16.5. The number of ether oxygens (including phenoxy) is 1. The first-order chi connectivity index (χ1) is 14.1. The van der Waals surface area contributed by atoms with Crippen LogP contribution in [-0.4, -0.2) is 61.0 Å². The van der Waals surface area contributed by atoms with Gasteiger partial charge in [-0.2, -0.15) is 0 Å². The summed E-state index contributed by atoms with van der Waals surface area (Å²) in [5.41, 5.74) is 2.42. The van der Waals surface area contributed by atoms with Crippen LogP contribution in [-0.2, 0) is 14.3 Å². The van der Waals surface area contributed by atoms with Crippen molar-refractivity contribution in [2.75, 3.05) is 39.4 Å². The molecule has 0 N–H and O–H groups in total. The summed E-state index contributed by atoms with van der Waals surface area (Å²) in [6.07, 6.45) is 0. The summed E-state index contributed by atoms with van der Waals surface area (Å²) in [7, 11) is 0. The zero-order chi connectivity index (χ0) is 20.2. The van der Waals surface area contributed by atoms with E-state index in [0.29, 0.717) is 36.8 Å². The minimum Gasteiger partial charge on any atom is -0.379 e. The van der Waals surface area contributed by atoms with Crippen LogP contribution in [0.25, 0.3) is 5.57 Å². The highest BCUT2D eigenvalue weighted by Gasteiger charge is 2.39. The molecule has 6 heteroatoms. The lowest BCUT2D eigenvalue weighted by atomic mass is 10.0. The van der Waals surface area contributed by atoms with E-state index >= 15 is 0 Å². The molecule has 0 aliphatic carbocycles. The van der Waals surface area contributed by atoms with E-state index in [1.54, 1.807) is 0 Å². The highest BCUT2D eigenvalue weighted by atomic mass is 32.2. The van der Waals surface area contributed by atoms with Crippen molar-refractivity contribution in [1.29, 1.82) is 0 Å². The Morgan fingerprint density at radius 2 is 1.59 bits per heavy atom. The third-order valence-corrected chi connectivity index (χ3v) is 6.26. The van der Waals surface area contributed by atoms with E-state index in [1.165, 1.54) is 16.7 Å². The molecule has 29 heavy (non-hydrogen) atoms. The molecule has 0 atom stereocenters. The maximum Gasteiger partial charge on any atom is 0.268 e. The first-order valence-electron chi connectivity index (χ1n) is 9.84. The number of nitrogens with zero attached hydrogens (tertiary/aromatic N) is 2. The molecule has 0 radical (unpaired) electrons. The monoisotopic (exact) mass is 408 g/mol. The van der Waals surface area contributed by atoms with Crippen LogP contribution in [0.2, 0.25) is 0 Å². The van der Waals surface area contributed by atoms with Crippen LogP contribution in [0.1, 0.15) is 11.1 Å². The molecule has 2 aromatic rings. The van der Waals surface area contributed by atoms with Gasteiger partial charge in [0, 0.05) is 31.1 Å². The number of morpholine rings is 1. The first kappa shape index (κ1) is 19.9. The fourth-order valence-corrected chi connectivity index (χ4v) is 4.53. The van der Waals surface area contributed by atoms with Crippen molar-refractivity contribution in [2.45, 2.75) is 11.8 Å². The molecule has 150 valence electrons. The number of carbonyl (C=O) groups excluding carboxylic acids is 2. The molecule has 1 saturated heterocycles. The van der Waals surface area contributed by atoms with E-state index in [1.807, 2.05) is 61.5 Å². The van der Waals surface area contributed by atoms with E-state index in [4.69, 9.17) is 4.74 Å². The highest BCUT2D eigenvalue weighted by molar-refractivity contribution is 8.04. The quantitative estimate of drug-likeness (QED) is 0.687. The number of hydrogen-bond donors (Lipinski definition) is 0. The number of thioether (sulfide) groups is 1. The number of aryl methyl sites for hydroxylation is 1. The van der Waals surface area contributed by atoms with Crippen LogP contribution in [0.3, 0.4) is 0 Å². The van der Waals surface area contributed by atoms with Crippen molar-refractivity contribution in [3.8, 4) is 0 Å². The van der Waals surface area contributed by atoms with Gasteiger partial charge in [0.1, 0.15) is 0 Å². The first-order valence-corrected chi connectivity index (χ1v) is 10.7. The molecular formula is C23H24N2O3S. The van der Waals surface area contributed by atoms with E-state index in [2.05, 4.69) is 4.90 Å². The standard InChI is InChI=1S/C23H24N2O3S/c1-17-7-9-18(10-8-17)20-21(29-19-5-3-2-4-6-19)23(27)25(22(20)26)12-11-24-13-15-28-16-14-24/h2-10H,11-16H2,1H3. The molecule has 5 nitrogen and oxygen atoms in total. The summed E-state index contributed by atoms with van der Waals surface area (Å²) < 4.78 is 5.38. The molecule has 0 bridgehead atoms. The van der Waals surface area contributed by atoms with E-state index in [9.17, 15) is 9.59 Å². The second-order valence-corrected chi connectivity index (χ2v) is 8.28. The minimum absolute atomic E-state index is 0.201. The predicted octanol–water partition coefficient (Wildman–Crippen LogP) is 3.20. The van der Waals surface area contributed by atoms with Gasteiger partial charge in [0.05, 0.1) is 23.7 Å². The molecule has 2 heterocycles. The predicted molar refractivity (Wildman–Crippen MR) is 114 cm³/mol. The van der Waals surface area contributed by atoms with Gasteiger partial charge < -0.3 is 4.74 Å². The molecule has 0 aromatic heterocycles. The van der Waals surface area contributed by atoms with E-state index in [-0.39, 0.29) is 11.8 Å². The Labute approximate surface area is 175 Å². The van der Waals surface area contributed by atoms with Crippen LogP contribution in [0.15, 0.2) is 64.4 Å². The molecule has 0 saturated carbocycles. The Bertz CT molecular complexity index is 919. The van der Waals surface area contributed by atoms with E-state index < -0.39 is 0 Å². The van der Waals surface area contributed by atoms with Crippen molar-refractivity contribution in [3.05, 3.63) is 70.6 Å². The normalized spacial score (nSPS) is 18.0. The Hall–Kier alpha value is -2.41. The van der Waals surface area contributed by atoms with Crippen molar-refractivity contribution in [1.82, 2.24) is 9.80 Å². The fraction of sp³-hybridized carbons (Fsp3) is 0.304. The topological polar surface area (TPSA) is 49.9 Å². The van der Waals surface area contributed by atoms with Crippen LogP contribution in [0.4, 0.5) is 0 Å². The smallest absolute Gasteiger partial charge is 0.268 e. The third kappa shape index (κ3) is 4.45. The number of rotatable bonds is 6. The molecule has 2 amide bonds. The maximum absolute atomic E-state index is 13.3. The van der Waals surface area contributed by atoms with Gasteiger partial charge in [0.25, 0.3) is 11.8 Å². The number of hydrogen-bond acceptors (Lipinski definition) is 5. The number of amides is 2. The highest BCUT2D eigenvalue weighted by Crippen LogP contribution is 2.39. The van der Waals surface area contributed by atoms with Gasteiger partial charge in [-0.25, -0.2) is 0 Å². The van der Waals surface area contributed by atoms with Gasteiger partial charge in [-0.15, -0.1) is 0 Å². The SMILES string of the molecule is Cc1ccc(C2=C(Sc3ccccc3)C(=O)N(CCN3CCOCC3)C2=O)cc1. The van der Waals surface area contributed by atoms with Crippen molar-refractivity contribution in [3.63, 3.8) is 0 Å². The Balaban J connectivity index is 1.61. The molecule has 2 aliphatic rings. The lowest BCUT2D eigenvalue weighted by molar-refractivity contribution is -0.136.